The second kappa shape index (κ2) is 14.4. The van der Waals surface area contributed by atoms with Gasteiger partial charge in [-0.2, -0.15) is 0 Å². The van der Waals surface area contributed by atoms with E-state index in [1.807, 2.05) is 60.7 Å². The van der Waals surface area contributed by atoms with E-state index in [9.17, 15) is 19.2 Å². The number of benzene rings is 2. The van der Waals surface area contributed by atoms with Gasteiger partial charge in [-0.1, -0.05) is 67.6 Å². The summed E-state index contributed by atoms with van der Waals surface area (Å²) in [6, 6.07) is 16.2. The monoisotopic (exact) mass is 601 g/mol. The Kier molecular flexibility index (Phi) is 10.6. The molecule has 0 radical (unpaired) electrons. The molecular weight excluding hydrogens is 558 g/mol. The lowest BCUT2D eigenvalue weighted by molar-refractivity contribution is -0.143. The number of hydrogen-bond acceptors (Lipinski definition) is 5. The molecule has 0 aromatic heterocycles. The van der Waals surface area contributed by atoms with Crippen LogP contribution in [0.5, 0.6) is 0 Å². The zero-order valence-corrected chi connectivity index (χ0v) is 25.9. The van der Waals surface area contributed by atoms with Gasteiger partial charge in [0, 0.05) is 6.04 Å². The second-order valence-corrected chi connectivity index (χ2v) is 12.5. The summed E-state index contributed by atoms with van der Waals surface area (Å²) in [7, 11) is 0. The maximum Gasteiger partial charge on any atom is 0.408 e. The Hall–Kier alpha value is -4.39. The lowest BCUT2D eigenvalue weighted by atomic mass is 9.93. The van der Waals surface area contributed by atoms with Crippen LogP contribution >= 0.6 is 0 Å². The van der Waals surface area contributed by atoms with E-state index < -0.39 is 47.7 Å². The molecule has 4 amide bonds. The van der Waals surface area contributed by atoms with E-state index in [2.05, 4.69) is 20.8 Å². The van der Waals surface area contributed by atoms with Gasteiger partial charge in [0.05, 0.1) is 12.0 Å². The van der Waals surface area contributed by atoms with Gasteiger partial charge in [-0.25, -0.2) is 11.4 Å². The largest absolute Gasteiger partial charge is 0.444 e. The predicted octanol–water partition coefficient (Wildman–Crippen LogP) is 4.37. The van der Waals surface area contributed by atoms with Crippen LogP contribution in [0.1, 0.15) is 77.0 Å². The van der Waals surface area contributed by atoms with Gasteiger partial charge in [-0.3, -0.25) is 14.4 Å². The van der Waals surface area contributed by atoms with Crippen molar-refractivity contribution in [3.8, 4) is 0 Å². The van der Waals surface area contributed by atoms with Crippen molar-refractivity contribution in [3.05, 3.63) is 83.2 Å². The molecule has 2 heterocycles. The van der Waals surface area contributed by atoms with E-state index in [0.717, 1.165) is 11.1 Å². The first-order chi connectivity index (χ1) is 21.0. The number of nitrogens with one attached hydrogen (secondary N) is 3. The molecule has 2 aliphatic heterocycles. The summed E-state index contributed by atoms with van der Waals surface area (Å²) in [6.45, 7) is 14.5. The lowest BCUT2D eigenvalue weighted by Gasteiger charge is -2.33. The summed E-state index contributed by atoms with van der Waals surface area (Å²) in [5.41, 5.74) is 1.11. The Labute approximate surface area is 259 Å². The molecule has 2 aromatic rings. The summed E-state index contributed by atoms with van der Waals surface area (Å²) < 4.78 is 5.31. The topological polar surface area (TPSA) is 121 Å². The summed E-state index contributed by atoms with van der Waals surface area (Å²) in [6.07, 6.45) is 1.90. The van der Waals surface area contributed by atoms with Crippen molar-refractivity contribution in [2.24, 2.45) is 5.92 Å². The van der Waals surface area contributed by atoms with Gasteiger partial charge in [-0.05, 0) is 64.0 Å². The number of amides is 4. The zero-order chi connectivity index (χ0) is 31.9. The minimum absolute atomic E-state index is 0.0640. The van der Waals surface area contributed by atoms with Crippen LogP contribution in [0.4, 0.5) is 4.79 Å². The van der Waals surface area contributed by atoms with Crippen molar-refractivity contribution in [1.82, 2.24) is 20.9 Å². The van der Waals surface area contributed by atoms with E-state index in [0.29, 0.717) is 25.7 Å². The highest BCUT2D eigenvalue weighted by Gasteiger charge is 2.48. The first-order valence-electron chi connectivity index (χ1n) is 15.4. The highest BCUT2D eigenvalue weighted by atomic mass is 16.6. The predicted molar refractivity (Wildman–Crippen MR) is 166 cm³/mol. The summed E-state index contributed by atoms with van der Waals surface area (Å²) >= 11 is 0. The van der Waals surface area contributed by atoms with E-state index in [1.54, 1.807) is 32.6 Å². The number of rotatable bonds is 9. The molecule has 10 nitrogen and oxygen atoms in total. The summed E-state index contributed by atoms with van der Waals surface area (Å²) in [5, 5.41) is 8.64. The Morgan fingerprint density at radius 2 is 1.55 bits per heavy atom. The van der Waals surface area contributed by atoms with Gasteiger partial charge >= 0.3 is 6.09 Å². The molecule has 0 bridgehead atoms. The molecule has 4 rings (SSSR count). The Bertz CT molecular complexity index is 1310. The van der Waals surface area contributed by atoms with Gasteiger partial charge in [0.25, 0.3) is 0 Å². The molecule has 234 valence electrons. The third-order valence-corrected chi connectivity index (χ3v) is 8.26. The number of carbonyl (C=O) groups is 4. The first-order valence-corrected chi connectivity index (χ1v) is 15.4. The molecule has 2 saturated heterocycles. The molecule has 0 saturated carbocycles. The summed E-state index contributed by atoms with van der Waals surface area (Å²) in [4.78, 5) is 59.2. The summed E-state index contributed by atoms with van der Waals surface area (Å²) in [5.74, 6) is -1.57. The van der Waals surface area contributed by atoms with E-state index >= 15 is 0 Å². The molecule has 0 aliphatic carbocycles. The number of alkyl carbamates (subject to hydrolysis) is 1. The average molecular weight is 602 g/mol. The molecule has 2 aliphatic rings. The second-order valence-electron chi connectivity index (χ2n) is 12.5. The van der Waals surface area contributed by atoms with Gasteiger partial charge in [0.15, 0.2) is 0 Å². The lowest BCUT2D eigenvalue weighted by Crippen LogP contribution is -2.59. The van der Waals surface area contributed by atoms with E-state index in [1.165, 1.54) is 0 Å². The highest BCUT2D eigenvalue weighted by molar-refractivity contribution is 5.95. The van der Waals surface area contributed by atoms with Crippen molar-refractivity contribution >= 4 is 23.8 Å². The van der Waals surface area contributed by atoms with Crippen molar-refractivity contribution in [2.45, 2.75) is 95.6 Å². The Morgan fingerprint density at radius 1 is 0.955 bits per heavy atom. The quantitative estimate of drug-likeness (QED) is 0.369. The number of fused-ring (bicyclic) bond motifs is 1. The number of nitrogens with zero attached hydrogens (tertiary/aromatic N) is 2. The maximum absolute atomic E-state index is 14.2. The van der Waals surface area contributed by atoms with Crippen LogP contribution in [0, 0.1) is 12.5 Å². The van der Waals surface area contributed by atoms with Crippen LogP contribution in [0.2, 0.25) is 0 Å². The maximum atomic E-state index is 14.2. The minimum Gasteiger partial charge on any atom is -0.444 e. The number of carbonyl (C=O) groups excluding carboxylic acids is 4. The SMILES string of the molecule is [C-]#[N+]C[C@H]1CC[C@H]2CC[C@@H](C(=O)NC(c3ccccc3)c3ccccc3)N2C(=O)[C@H]1NC(=O)[C@H](CC)NC(=O)OC(C)(C)C. The molecular formula is C34H43N5O5. The van der Waals surface area contributed by atoms with Crippen molar-refractivity contribution < 1.29 is 23.9 Å². The van der Waals surface area contributed by atoms with E-state index in [4.69, 9.17) is 11.3 Å². The molecule has 3 N–H and O–H groups in total. The smallest absolute Gasteiger partial charge is 0.408 e. The van der Waals surface area contributed by atoms with Crippen LogP contribution in [-0.2, 0) is 19.1 Å². The van der Waals surface area contributed by atoms with Gasteiger partial charge in [0.1, 0.15) is 23.7 Å². The molecule has 0 spiro atoms. The number of ether oxygens (including phenoxy) is 1. The van der Waals surface area contributed by atoms with Gasteiger partial charge < -0.3 is 30.4 Å². The standard InChI is InChI=1S/C34H43N5O5/c1-6-26(36-33(43)44-34(2,3)4)30(40)38-29-24(21-35-5)17-18-25-19-20-27(39(25)32(29)42)31(41)37-28(22-13-9-7-10-14-22)23-15-11-8-12-16-23/h7-16,24-29H,6,17-21H2,1-4H3,(H,36,43)(H,37,41)(H,38,40)/t24-,25+,26+,27+,29+/m1/s1. The van der Waals surface area contributed by atoms with Crippen LogP contribution in [-0.4, -0.2) is 65.0 Å². The molecule has 5 atom stereocenters. The average Bonchev–Trinajstić information content (AvgIpc) is 3.38. The molecule has 2 aromatic carbocycles. The van der Waals surface area contributed by atoms with Crippen LogP contribution < -0.4 is 16.0 Å². The molecule has 10 heteroatoms. The van der Waals surface area contributed by atoms with E-state index in [-0.39, 0.29) is 30.8 Å². The van der Waals surface area contributed by atoms with Crippen molar-refractivity contribution in [1.29, 1.82) is 0 Å². The van der Waals surface area contributed by atoms with Gasteiger partial charge in [0.2, 0.25) is 24.3 Å². The normalized spacial score (nSPS) is 22.3. The first kappa shape index (κ1) is 32.5. The van der Waals surface area contributed by atoms with Crippen molar-refractivity contribution in [2.75, 3.05) is 6.54 Å². The van der Waals surface area contributed by atoms with Crippen molar-refractivity contribution in [3.63, 3.8) is 0 Å². The highest BCUT2D eigenvalue weighted by Crippen LogP contribution is 2.35. The fraction of sp³-hybridized carbons (Fsp3) is 0.500. The Morgan fingerprint density at radius 3 is 2.09 bits per heavy atom. The zero-order valence-electron chi connectivity index (χ0n) is 25.9. The van der Waals surface area contributed by atoms with Crippen LogP contribution in [0.3, 0.4) is 0 Å². The third-order valence-electron chi connectivity index (χ3n) is 8.26. The third kappa shape index (κ3) is 7.95. The molecule has 0 unspecified atom stereocenters. The Balaban J connectivity index is 1.55. The van der Waals surface area contributed by atoms with Gasteiger partial charge in [-0.15, -0.1) is 0 Å². The minimum atomic E-state index is -0.997. The number of hydrogen-bond donors (Lipinski definition) is 3. The van der Waals surface area contributed by atoms with Crippen LogP contribution in [0.15, 0.2) is 60.7 Å². The van der Waals surface area contributed by atoms with Crippen LogP contribution in [0.25, 0.3) is 4.85 Å². The fourth-order valence-corrected chi connectivity index (χ4v) is 6.13. The molecule has 44 heavy (non-hydrogen) atoms. The molecule has 2 fully saturated rings. The fourth-order valence-electron chi connectivity index (χ4n) is 6.13.